The van der Waals surface area contributed by atoms with E-state index in [0.29, 0.717) is 0 Å². The number of nitrogen functional groups attached to an aromatic ring is 1. The molecule has 21 heavy (non-hydrogen) atoms. The van der Waals surface area contributed by atoms with Crippen molar-refractivity contribution in [3.8, 4) is 0 Å². The Morgan fingerprint density at radius 1 is 1.19 bits per heavy atom. The molecule has 0 aliphatic carbocycles. The molecule has 4 N–H and O–H groups in total. The minimum Gasteiger partial charge on any atom is -0.398 e. The highest BCUT2D eigenvalue weighted by Crippen LogP contribution is 2.25. The van der Waals surface area contributed by atoms with Gasteiger partial charge in [0, 0.05) is 11.8 Å². The highest BCUT2D eigenvalue weighted by Gasteiger charge is 2.20. The van der Waals surface area contributed by atoms with Crippen LogP contribution in [0.1, 0.15) is 36.6 Å². The Labute approximate surface area is 124 Å². The number of rotatable bonds is 4. The first-order valence-electron chi connectivity index (χ1n) is 6.65. The average Bonchev–Trinajstić information content (AvgIpc) is 2.81. The Morgan fingerprint density at radius 2 is 1.81 bits per heavy atom. The molecule has 0 amide bonds. The van der Waals surface area contributed by atoms with Crippen LogP contribution in [0.5, 0.6) is 0 Å². The predicted molar refractivity (Wildman–Crippen MR) is 83.8 cm³/mol. The minimum absolute atomic E-state index is 0.0692. The molecule has 6 nitrogen and oxygen atoms in total. The van der Waals surface area contributed by atoms with Crippen molar-refractivity contribution >= 4 is 21.5 Å². The Balaban J connectivity index is 2.36. The second-order valence-electron chi connectivity index (χ2n) is 5.44. The number of aromatic amines is 1. The molecule has 7 heteroatoms. The lowest BCUT2D eigenvalue weighted by molar-refractivity contribution is 0.601. The van der Waals surface area contributed by atoms with Crippen molar-refractivity contribution in [2.45, 2.75) is 38.5 Å². The molecular weight excluding hydrogens is 288 g/mol. The average molecular weight is 308 g/mol. The number of H-pyrrole nitrogens is 1. The Bertz CT molecular complexity index is 763. The second kappa shape index (κ2) is 5.40. The van der Waals surface area contributed by atoms with Gasteiger partial charge in [-0.3, -0.25) is 9.82 Å². The largest absolute Gasteiger partial charge is 0.398 e. The quantitative estimate of drug-likeness (QED) is 0.755. The summed E-state index contributed by atoms with van der Waals surface area (Å²) in [5, 5.41) is 6.77. The van der Waals surface area contributed by atoms with Gasteiger partial charge in [-0.1, -0.05) is 13.8 Å². The molecule has 0 radical (unpaired) electrons. The van der Waals surface area contributed by atoms with Crippen molar-refractivity contribution in [3.05, 3.63) is 35.0 Å². The van der Waals surface area contributed by atoms with Crippen molar-refractivity contribution in [3.63, 3.8) is 0 Å². The molecule has 0 saturated carbocycles. The molecule has 0 bridgehead atoms. The number of nitrogens with zero attached hydrogens (tertiary/aromatic N) is 1. The van der Waals surface area contributed by atoms with Gasteiger partial charge in [-0.05, 0) is 43.0 Å². The molecular formula is C14H20N4O2S. The van der Waals surface area contributed by atoms with E-state index in [1.165, 1.54) is 0 Å². The van der Waals surface area contributed by atoms with E-state index in [9.17, 15) is 8.42 Å². The van der Waals surface area contributed by atoms with Gasteiger partial charge in [-0.15, -0.1) is 0 Å². The molecule has 0 aliphatic heterocycles. The van der Waals surface area contributed by atoms with Crippen LogP contribution in [-0.2, 0) is 10.0 Å². The number of nitrogens with one attached hydrogen (secondary N) is 2. The van der Waals surface area contributed by atoms with Gasteiger partial charge >= 0.3 is 0 Å². The zero-order valence-corrected chi connectivity index (χ0v) is 13.4. The van der Waals surface area contributed by atoms with Crippen molar-refractivity contribution in [1.82, 2.24) is 10.2 Å². The van der Waals surface area contributed by atoms with Gasteiger partial charge in [0.1, 0.15) is 4.90 Å². The van der Waals surface area contributed by atoms with Crippen LogP contribution < -0.4 is 10.5 Å². The molecule has 2 rings (SSSR count). The van der Waals surface area contributed by atoms with Crippen LogP contribution in [0.2, 0.25) is 0 Å². The Kier molecular flexibility index (Phi) is 3.95. The first-order valence-corrected chi connectivity index (χ1v) is 8.14. The van der Waals surface area contributed by atoms with E-state index in [-0.39, 0.29) is 22.3 Å². The third-order valence-electron chi connectivity index (χ3n) is 3.37. The summed E-state index contributed by atoms with van der Waals surface area (Å²) in [4.78, 5) is 0.0692. The van der Waals surface area contributed by atoms with Crippen molar-refractivity contribution in [1.29, 1.82) is 0 Å². The highest BCUT2D eigenvalue weighted by atomic mass is 32.2. The summed E-state index contributed by atoms with van der Waals surface area (Å²) in [6, 6.07) is 4.91. The van der Waals surface area contributed by atoms with E-state index < -0.39 is 10.0 Å². The SMILES string of the molecule is Cc1cc(N)c(S(=O)(=O)Nc2cc(C(C)C)[nH]n2)cc1C. The van der Waals surface area contributed by atoms with Crippen LogP contribution in [0.4, 0.5) is 11.5 Å². The van der Waals surface area contributed by atoms with Crippen molar-refractivity contribution in [2.24, 2.45) is 0 Å². The Hall–Kier alpha value is -2.02. The van der Waals surface area contributed by atoms with E-state index in [0.717, 1.165) is 16.8 Å². The number of nitrogens with two attached hydrogens (primary N) is 1. The normalized spacial score (nSPS) is 11.9. The summed E-state index contributed by atoms with van der Waals surface area (Å²) in [5.74, 6) is 0.499. The number of benzene rings is 1. The van der Waals surface area contributed by atoms with Crippen LogP contribution in [-0.4, -0.2) is 18.6 Å². The van der Waals surface area contributed by atoms with Gasteiger partial charge in [0.2, 0.25) is 0 Å². The molecule has 0 saturated heterocycles. The van der Waals surface area contributed by atoms with Crippen LogP contribution in [0.25, 0.3) is 0 Å². The van der Waals surface area contributed by atoms with E-state index in [4.69, 9.17) is 5.73 Å². The standard InChI is InChI=1S/C14H20N4O2S/c1-8(2)12-7-14(17-16-12)18-21(19,20)13-6-10(4)9(3)5-11(13)15/h5-8H,15H2,1-4H3,(H2,16,17,18). The number of hydrogen-bond acceptors (Lipinski definition) is 4. The van der Waals surface area contributed by atoms with E-state index in [1.807, 2.05) is 27.7 Å². The van der Waals surface area contributed by atoms with Gasteiger partial charge in [-0.25, -0.2) is 8.42 Å². The van der Waals surface area contributed by atoms with Crippen molar-refractivity contribution in [2.75, 3.05) is 10.5 Å². The van der Waals surface area contributed by atoms with Crippen LogP contribution in [0.15, 0.2) is 23.1 Å². The van der Waals surface area contributed by atoms with E-state index in [2.05, 4.69) is 14.9 Å². The van der Waals surface area contributed by atoms with Crippen molar-refractivity contribution < 1.29 is 8.42 Å². The molecule has 1 aromatic heterocycles. The molecule has 1 aromatic carbocycles. The molecule has 114 valence electrons. The lowest BCUT2D eigenvalue weighted by atomic mass is 10.1. The fraction of sp³-hybridized carbons (Fsp3) is 0.357. The number of anilines is 2. The monoisotopic (exact) mass is 308 g/mol. The predicted octanol–water partition coefficient (Wildman–Crippen LogP) is 2.53. The summed E-state index contributed by atoms with van der Waals surface area (Å²) in [6.45, 7) is 7.72. The minimum atomic E-state index is -3.75. The fourth-order valence-corrected chi connectivity index (χ4v) is 3.11. The maximum Gasteiger partial charge on any atom is 0.265 e. The molecule has 0 atom stereocenters. The number of aryl methyl sites for hydroxylation is 2. The van der Waals surface area contributed by atoms with Gasteiger partial charge in [0.25, 0.3) is 10.0 Å². The summed E-state index contributed by atoms with van der Waals surface area (Å²) < 4.78 is 27.3. The topological polar surface area (TPSA) is 101 Å². The molecule has 0 fully saturated rings. The van der Waals surface area contributed by atoms with Gasteiger partial charge < -0.3 is 5.73 Å². The zero-order valence-electron chi connectivity index (χ0n) is 12.6. The second-order valence-corrected chi connectivity index (χ2v) is 7.09. The van der Waals surface area contributed by atoms with E-state index in [1.54, 1.807) is 18.2 Å². The van der Waals surface area contributed by atoms with Gasteiger partial charge in [0.05, 0.1) is 5.69 Å². The molecule has 1 heterocycles. The van der Waals surface area contributed by atoms with Gasteiger partial charge in [0.15, 0.2) is 5.82 Å². The number of aromatic nitrogens is 2. The summed E-state index contributed by atoms with van der Waals surface area (Å²) in [5.41, 5.74) is 8.75. The third-order valence-corrected chi connectivity index (χ3v) is 4.78. The molecule has 2 aromatic rings. The summed E-state index contributed by atoms with van der Waals surface area (Å²) >= 11 is 0. The maximum atomic E-state index is 12.4. The van der Waals surface area contributed by atoms with Crippen LogP contribution in [0.3, 0.4) is 0 Å². The fourth-order valence-electron chi connectivity index (χ4n) is 1.92. The lowest BCUT2D eigenvalue weighted by Crippen LogP contribution is -2.15. The van der Waals surface area contributed by atoms with Gasteiger partial charge in [-0.2, -0.15) is 5.10 Å². The number of sulfonamides is 1. The third kappa shape index (κ3) is 3.18. The molecule has 0 aliphatic rings. The summed E-state index contributed by atoms with van der Waals surface area (Å²) in [7, 11) is -3.75. The van der Waals surface area contributed by atoms with Crippen LogP contribution >= 0.6 is 0 Å². The maximum absolute atomic E-state index is 12.4. The lowest BCUT2D eigenvalue weighted by Gasteiger charge is -2.10. The molecule has 0 spiro atoms. The van der Waals surface area contributed by atoms with E-state index >= 15 is 0 Å². The highest BCUT2D eigenvalue weighted by molar-refractivity contribution is 7.92. The first-order chi connectivity index (χ1) is 9.70. The Morgan fingerprint density at radius 3 is 2.38 bits per heavy atom. The smallest absolute Gasteiger partial charge is 0.265 e. The molecule has 0 unspecified atom stereocenters. The zero-order chi connectivity index (χ0) is 15.8. The first kappa shape index (κ1) is 15.4. The number of hydrogen-bond donors (Lipinski definition) is 3. The summed E-state index contributed by atoms with van der Waals surface area (Å²) in [6.07, 6.45) is 0. The van der Waals surface area contributed by atoms with Crippen LogP contribution in [0, 0.1) is 13.8 Å².